The van der Waals surface area contributed by atoms with E-state index in [-0.39, 0.29) is 17.5 Å². The van der Waals surface area contributed by atoms with E-state index in [1.54, 1.807) is 23.1 Å². The second-order valence-corrected chi connectivity index (χ2v) is 6.59. The lowest BCUT2D eigenvalue weighted by molar-refractivity contribution is -0.129. The SMILES string of the molecule is CCN(Cc1cccc(NC(=O)c2cn(-c3ccccc3Cl)nn2)c1)C(C)=O. The number of nitrogens with one attached hydrogen (secondary N) is 1. The minimum atomic E-state index is -0.380. The molecule has 0 saturated heterocycles. The highest BCUT2D eigenvalue weighted by atomic mass is 35.5. The van der Waals surface area contributed by atoms with Crippen molar-refractivity contribution >= 4 is 29.1 Å². The molecule has 0 radical (unpaired) electrons. The van der Waals surface area contributed by atoms with Crippen LogP contribution in [0.4, 0.5) is 5.69 Å². The normalized spacial score (nSPS) is 10.5. The molecular formula is C20H20ClN5O2. The molecule has 0 spiro atoms. The molecule has 0 aliphatic carbocycles. The summed E-state index contributed by atoms with van der Waals surface area (Å²) in [6.07, 6.45) is 1.52. The lowest BCUT2D eigenvalue weighted by Crippen LogP contribution is -2.27. The van der Waals surface area contributed by atoms with Gasteiger partial charge in [-0.2, -0.15) is 0 Å². The molecule has 144 valence electrons. The number of anilines is 1. The summed E-state index contributed by atoms with van der Waals surface area (Å²) in [4.78, 5) is 25.8. The third-order valence-electron chi connectivity index (χ3n) is 4.21. The lowest BCUT2D eigenvalue weighted by atomic mass is 10.2. The molecule has 3 rings (SSSR count). The van der Waals surface area contributed by atoms with Gasteiger partial charge in [-0.25, -0.2) is 4.68 Å². The van der Waals surface area contributed by atoms with E-state index in [4.69, 9.17) is 11.6 Å². The van der Waals surface area contributed by atoms with Gasteiger partial charge in [-0.3, -0.25) is 9.59 Å². The first kappa shape index (κ1) is 19.6. The number of hydrogen-bond donors (Lipinski definition) is 1. The van der Waals surface area contributed by atoms with Gasteiger partial charge in [0.25, 0.3) is 5.91 Å². The number of hydrogen-bond acceptors (Lipinski definition) is 4. The minimum absolute atomic E-state index is 0.00752. The van der Waals surface area contributed by atoms with Crippen LogP contribution in [-0.4, -0.2) is 38.3 Å². The topological polar surface area (TPSA) is 80.1 Å². The molecule has 0 aliphatic heterocycles. The Morgan fingerprint density at radius 1 is 1.18 bits per heavy atom. The van der Waals surface area contributed by atoms with Crippen molar-refractivity contribution in [1.29, 1.82) is 0 Å². The largest absolute Gasteiger partial charge is 0.339 e. The maximum atomic E-state index is 12.5. The predicted octanol–water partition coefficient (Wildman–Crippen LogP) is 3.54. The van der Waals surface area contributed by atoms with Crippen molar-refractivity contribution in [3.63, 3.8) is 0 Å². The molecule has 0 fully saturated rings. The minimum Gasteiger partial charge on any atom is -0.339 e. The van der Waals surface area contributed by atoms with E-state index < -0.39 is 0 Å². The van der Waals surface area contributed by atoms with Crippen molar-refractivity contribution in [2.24, 2.45) is 0 Å². The highest BCUT2D eigenvalue weighted by molar-refractivity contribution is 6.32. The Balaban J connectivity index is 1.73. The van der Waals surface area contributed by atoms with Crippen molar-refractivity contribution in [3.8, 4) is 5.69 Å². The summed E-state index contributed by atoms with van der Waals surface area (Å²) >= 11 is 6.15. The predicted molar refractivity (Wildman–Crippen MR) is 108 cm³/mol. The first-order valence-electron chi connectivity index (χ1n) is 8.81. The molecule has 2 aromatic carbocycles. The van der Waals surface area contributed by atoms with Crippen LogP contribution in [0.15, 0.2) is 54.7 Å². The first-order chi connectivity index (χ1) is 13.5. The van der Waals surface area contributed by atoms with Gasteiger partial charge in [0.2, 0.25) is 5.91 Å². The Kier molecular flexibility index (Phi) is 6.06. The highest BCUT2D eigenvalue weighted by Crippen LogP contribution is 2.19. The Morgan fingerprint density at radius 3 is 2.68 bits per heavy atom. The summed E-state index contributed by atoms with van der Waals surface area (Å²) in [6.45, 7) is 4.57. The summed E-state index contributed by atoms with van der Waals surface area (Å²) in [5.41, 5.74) is 2.36. The monoisotopic (exact) mass is 397 g/mol. The standard InChI is InChI=1S/C20H20ClN5O2/c1-3-25(14(2)27)12-15-7-6-8-16(11-15)22-20(28)18-13-26(24-23-18)19-10-5-4-9-17(19)21/h4-11,13H,3,12H2,1-2H3,(H,22,28). The molecule has 0 bridgehead atoms. The van der Waals surface area contributed by atoms with Crippen molar-refractivity contribution < 1.29 is 9.59 Å². The third-order valence-corrected chi connectivity index (χ3v) is 4.53. The number of benzene rings is 2. The molecule has 3 aromatic rings. The summed E-state index contributed by atoms with van der Waals surface area (Å²) in [5.74, 6) is -0.373. The van der Waals surface area contributed by atoms with E-state index in [2.05, 4.69) is 15.6 Å². The van der Waals surface area contributed by atoms with Gasteiger partial charge in [-0.15, -0.1) is 5.10 Å². The Hall–Kier alpha value is -3.19. The van der Waals surface area contributed by atoms with Crippen LogP contribution in [0.25, 0.3) is 5.69 Å². The molecule has 28 heavy (non-hydrogen) atoms. The molecule has 8 heteroatoms. The fourth-order valence-electron chi connectivity index (χ4n) is 2.73. The summed E-state index contributed by atoms with van der Waals surface area (Å²) in [5, 5.41) is 11.2. The number of amides is 2. The maximum Gasteiger partial charge on any atom is 0.277 e. The van der Waals surface area contributed by atoms with Gasteiger partial charge in [-0.05, 0) is 36.8 Å². The number of para-hydroxylation sites is 1. The summed E-state index contributed by atoms with van der Waals surface area (Å²) < 4.78 is 1.46. The van der Waals surface area contributed by atoms with Crippen molar-refractivity contribution in [2.75, 3.05) is 11.9 Å². The third kappa shape index (κ3) is 4.55. The number of nitrogens with zero attached hydrogens (tertiary/aromatic N) is 4. The summed E-state index contributed by atoms with van der Waals surface area (Å²) in [7, 11) is 0. The van der Waals surface area contributed by atoms with E-state index in [1.807, 2.05) is 37.3 Å². The molecule has 2 amide bonds. The van der Waals surface area contributed by atoms with Crippen LogP contribution in [0.5, 0.6) is 0 Å². The molecule has 0 saturated carbocycles. The zero-order valence-corrected chi connectivity index (χ0v) is 16.3. The van der Waals surface area contributed by atoms with E-state index in [0.29, 0.717) is 29.5 Å². The second kappa shape index (κ2) is 8.67. The smallest absolute Gasteiger partial charge is 0.277 e. The van der Waals surface area contributed by atoms with E-state index in [1.165, 1.54) is 17.8 Å². The van der Waals surface area contributed by atoms with Crippen LogP contribution >= 0.6 is 11.6 Å². The molecule has 7 nitrogen and oxygen atoms in total. The second-order valence-electron chi connectivity index (χ2n) is 6.19. The molecule has 0 unspecified atom stereocenters. The average Bonchev–Trinajstić information content (AvgIpc) is 3.16. The van der Waals surface area contributed by atoms with E-state index >= 15 is 0 Å². The Labute approximate surface area is 167 Å². The Morgan fingerprint density at radius 2 is 1.96 bits per heavy atom. The van der Waals surface area contributed by atoms with Gasteiger partial charge >= 0.3 is 0 Å². The van der Waals surface area contributed by atoms with E-state index in [9.17, 15) is 9.59 Å². The lowest BCUT2D eigenvalue weighted by Gasteiger charge is -2.19. The molecular weight excluding hydrogens is 378 g/mol. The van der Waals surface area contributed by atoms with Crippen LogP contribution in [0.3, 0.4) is 0 Å². The fourth-order valence-corrected chi connectivity index (χ4v) is 2.95. The van der Waals surface area contributed by atoms with Crippen LogP contribution in [0, 0.1) is 0 Å². The van der Waals surface area contributed by atoms with Crippen molar-refractivity contribution in [1.82, 2.24) is 19.9 Å². The number of carbonyl (C=O) groups is 2. The van der Waals surface area contributed by atoms with E-state index in [0.717, 1.165) is 5.56 Å². The zero-order valence-electron chi connectivity index (χ0n) is 15.6. The Bertz CT molecular complexity index is 1000. The summed E-state index contributed by atoms with van der Waals surface area (Å²) in [6, 6.07) is 14.5. The molecule has 0 aliphatic rings. The quantitative estimate of drug-likeness (QED) is 0.689. The van der Waals surface area contributed by atoms with Crippen LogP contribution in [-0.2, 0) is 11.3 Å². The number of carbonyl (C=O) groups excluding carboxylic acids is 2. The van der Waals surface area contributed by atoms with Crippen molar-refractivity contribution in [2.45, 2.75) is 20.4 Å². The number of halogens is 1. The molecule has 1 aromatic heterocycles. The highest BCUT2D eigenvalue weighted by Gasteiger charge is 2.14. The van der Waals surface area contributed by atoms with Crippen LogP contribution in [0.1, 0.15) is 29.9 Å². The van der Waals surface area contributed by atoms with Gasteiger partial charge in [0.15, 0.2) is 5.69 Å². The van der Waals surface area contributed by atoms with Gasteiger partial charge in [0, 0.05) is 25.7 Å². The maximum absolute atomic E-state index is 12.5. The molecule has 0 atom stereocenters. The number of rotatable bonds is 6. The van der Waals surface area contributed by atoms with Crippen LogP contribution < -0.4 is 5.32 Å². The van der Waals surface area contributed by atoms with Gasteiger partial charge in [0.05, 0.1) is 16.9 Å². The zero-order chi connectivity index (χ0) is 20.1. The van der Waals surface area contributed by atoms with Gasteiger partial charge in [0.1, 0.15) is 0 Å². The number of aromatic nitrogens is 3. The van der Waals surface area contributed by atoms with Crippen molar-refractivity contribution in [3.05, 3.63) is 71.0 Å². The van der Waals surface area contributed by atoms with Crippen LogP contribution in [0.2, 0.25) is 5.02 Å². The molecule has 1 N–H and O–H groups in total. The fraction of sp³-hybridized carbons (Fsp3) is 0.200. The molecule has 1 heterocycles. The average molecular weight is 398 g/mol. The van der Waals surface area contributed by atoms with Gasteiger partial charge in [-0.1, -0.05) is 41.1 Å². The first-order valence-corrected chi connectivity index (χ1v) is 9.18. The van der Waals surface area contributed by atoms with Gasteiger partial charge < -0.3 is 10.2 Å².